The van der Waals surface area contributed by atoms with Crippen molar-refractivity contribution in [3.8, 4) is 5.75 Å². The van der Waals surface area contributed by atoms with E-state index >= 15 is 0 Å². The molecule has 1 amide bonds. The Balaban J connectivity index is 1.50. The summed E-state index contributed by atoms with van der Waals surface area (Å²) in [4.78, 5) is 25.4. The van der Waals surface area contributed by atoms with Crippen LogP contribution in [0.3, 0.4) is 0 Å². The summed E-state index contributed by atoms with van der Waals surface area (Å²) < 4.78 is 6.14. The summed E-state index contributed by atoms with van der Waals surface area (Å²) in [6, 6.07) is 28.9. The van der Waals surface area contributed by atoms with Crippen LogP contribution in [0.1, 0.15) is 11.6 Å². The van der Waals surface area contributed by atoms with Gasteiger partial charge in [-0.1, -0.05) is 48.5 Å². The van der Waals surface area contributed by atoms with E-state index in [-0.39, 0.29) is 17.6 Å². The van der Waals surface area contributed by atoms with E-state index < -0.39 is 11.0 Å². The van der Waals surface area contributed by atoms with Crippen molar-refractivity contribution in [2.45, 2.75) is 12.1 Å². The van der Waals surface area contributed by atoms with Gasteiger partial charge < -0.3 is 4.74 Å². The molecule has 6 heteroatoms. The summed E-state index contributed by atoms with van der Waals surface area (Å²) in [6.45, 7) is 0. The number of nitrogens with zero attached hydrogens (tertiary/aromatic N) is 2. The first-order valence-corrected chi connectivity index (χ1v) is 9.90. The molecule has 1 aliphatic rings. The first-order chi connectivity index (χ1) is 15.1. The molecule has 4 aromatic rings. The maximum Gasteiger partial charge on any atom is 0.271 e. The molecule has 1 aliphatic heterocycles. The Bertz CT molecular complexity index is 1270. The molecule has 0 N–H and O–H groups in total. The molecule has 0 radical (unpaired) electrons. The van der Waals surface area contributed by atoms with E-state index in [4.69, 9.17) is 4.74 Å². The van der Waals surface area contributed by atoms with E-state index in [1.807, 2.05) is 72.8 Å². The number of fused-ring (bicyclic) bond motifs is 1. The predicted molar refractivity (Wildman–Crippen MR) is 118 cm³/mol. The Labute approximate surface area is 178 Å². The summed E-state index contributed by atoms with van der Waals surface area (Å²) in [6.07, 6.45) is -0.720. The number of carbonyl (C=O) groups excluding carboxylic acids is 1. The second kappa shape index (κ2) is 7.57. The standard InChI is InChI=1S/C25H18N2O4/c28-25-24(31-22-15-12-17-6-4-5-7-19(17)16-22)23(26(25)20-8-2-1-3-9-20)18-10-13-21(14-11-18)27(29)30/h1-16,23-24H. The van der Waals surface area contributed by atoms with Gasteiger partial charge in [-0.15, -0.1) is 0 Å². The highest BCUT2D eigenvalue weighted by atomic mass is 16.6. The third kappa shape index (κ3) is 3.38. The van der Waals surface area contributed by atoms with Crippen LogP contribution in [0, 0.1) is 10.1 Å². The average molecular weight is 410 g/mol. The number of hydrogen-bond donors (Lipinski definition) is 0. The predicted octanol–water partition coefficient (Wildman–Crippen LogP) is 5.28. The lowest BCUT2D eigenvalue weighted by molar-refractivity contribution is -0.384. The summed E-state index contributed by atoms with van der Waals surface area (Å²) in [7, 11) is 0. The topological polar surface area (TPSA) is 72.7 Å². The van der Waals surface area contributed by atoms with Gasteiger partial charge in [-0.05, 0) is 52.7 Å². The normalized spacial score (nSPS) is 17.9. The third-order valence-corrected chi connectivity index (χ3v) is 5.51. The number of nitro groups is 1. The van der Waals surface area contributed by atoms with Gasteiger partial charge in [-0.3, -0.25) is 19.8 Å². The van der Waals surface area contributed by atoms with E-state index in [1.54, 1.807) is 17.0 Å². The Hall–Kier alpha value is -4.19. The fraction of sp³-hybridized carbons (Fsp3) is 0.0800. The minimum Gasteiger partial charge on any atom is -0.478 e. The van der Waals surface area contributed by atoms with Gasteiger partial charge in [-0.2, -0.15) is 0 Å². The zero-order valence-electron chi connectivity index (χ0n) is 16.4. The number of benzene rings is 4. The van der Waals surface area contributed by atoms with Crippen LogP contribution in [0.15, 0.2) is 97.1 Å². The number of carbonyl (C=O) groups is 1. The highest BCUT2D eigenvalue weighted by Gasteiger charge is 2.51. The molecule has 4 aromatic carbocycles. The van der Waals surface area contributed by atoms with Gasteiger partial charge >= 0.3 is 0 Å². The zero-order chi connectivity index (χ0) is 21.4. The summed E-state index contributed by atoms with van der Waals surface area (Å²) in [5.74, 6) is 0.458. The second-order valence-electron chi connectivity index (χ2n) is 7.38. The summed E-state index contributed by atoms with van der Waals surface area (Å²) in [5.41, 5.74) is 1.54. The van der Waals surface area contributed by atoms with Gasteiger partial charge in [0.05, 0.1) is 4.92 Å². The van der Waals surface area contributed by atoms with Gasteiger partial charge in [-0.25, -0.2) is 0 Å². The molecule has 5 rings (SSSR count). The number of non-ortho nitro benzene ring substituents is 1. The minimum atomic E-state index is -0.720. The Morgan fingerprint density at radius 1 is 0.806 bits per heavy atom. The number of amides is 1. The van der Waals surface area contributed by atoms with Crippen molar-refractivity contribution < 1.29 is 14.5 Å². The van der Waals surface area contributed by atoms with Gasteiger partial charge in [0.2, 0.25) is 6.10 Å². The molecule has 1 saturated heterocycles. The van der Waals surface area contributed by atoms with Crippen LogP contribution in [0.25, 0.3) is 10.8 Å². The van der Waals surface area contributed by atoms with Gasteiger partial charge in [0, 0.05) is 17.8 Å². The first-order valence-electron chi connectivity index (χ1n) is 9.90. The third-order valence-electron chi connectivity index (χ3n) is 5.51. The van der Waals surface area contributed by atoms with Crippen molar-refractivity contribution in [3.05, 3.63) is 113 Å². The van der Waals surface area contributed by atoms with E-state index in [0.717, 1.165) is 22.0 Å². The van der Waals surface area contributed by atoms with Crippen LogP contribution in [0.4, 0.5) is 11.4 Å². The SMILES string of the molecule is O=C1C(Oc2ccc3ccccc3c2)C(c2ccc([N+](=O)[O-])cc2)N1c1ccccc1. The lowest BCUT2D eigenvalue weighted by Gasteiger charge is -2.46. The van der Waals surface area contributed by atoms with Crippen molar-refractivity contribution in [1.82, 2.24) is 0 Å². The molecule has 0 aliphatic carbocycles. The van der Waals surface area contributed by atoms with E-state index in [0.29, 0.717) is 5.75 Å². The molecule has 0 bridgehead atoms. The van der Waals surface area contributed by atoms with Crippen molar-refractivity contribution in [2.24, 2.45) is 0 Å². The maximum atomic E-state index is 13.1. The molecular formula is C25H18N2O4. The molecule has 31 heavy (non-hydrogen) atoms. The van der Waals surface area contributed by atoms with Crippen LogP contribution in [-0.4, -0.2) is 16.9 Å². The highest BCUT2D eigenvalue weighted by molar-refractivity contribution is 6.05. The van der Waals surface area contributed by atoms with Crippen molar-refractivity contribution >= 4 is 28.1 Å². The monoisotopic (exact) mass is 410 g/mol. The number of nitro benzene ring substituents is 1. The number of para-hydroxylation sites is 1. The van der Waals surface area contributed by atoms with Crippen LogP contribution in [0.5, 0.6) is 5.75 Å². The molecule has 152 valence electrons. The number of ether oxygens (including phenoxy) is 1. The number of β-lactam (4-membered cyclic amide) rings is 1. The fourth-order valence-corrected chi connectivity index (χ4v) is 3.96. The second-order valence-corrected chi connectivity index (χ2v) is 7.38. The molecule has 2 unspecified atom stereocenters. The van der Waals surface area contributed by atoms with Crippen LogP contribution in [-0.2, 0) is 4.79 Å². The molecular weight excluding hydrogens is 392 g/mol. The molecule has 0 saturated carbocycles. The van der Waals surface area contributed by atoms with Gasteiger partial charge in [0.25, 0.3) is 11.6 Å². The highest BCUT2D eigenvalue weighted by Crippen LogP contribution is 2.41. The molecule has 0 spiro atoms. The van der Waals surface area contributed by atoms with Crippen molar-refractivity contribution in [1.29, 1.82) is 0 Å². The maximum absolute atomic E-state index is 13.1. The largest absolute Gasteiger partial charge is 0.478 e. The van der Waals surface area contributed by atoms with Crippen LogP contribution in [0.2, 0.25) is 0 Å². The smallest absolute Gasteiger partial charge is 0.271 e. The molecule has 1 fully saturated rings. The molecule has 0 aromatic heterocycles. The number of anilines is 1. The average Bonchev–Trinajstić information content (AvgIpc) is 2.81. The molecule has 2 atom stereocenters. The fourth-order valence-electron chi connectivity index (χ4n) is 3.96. The molecule has 6 nitrogen and oxygen atoms in total. The molecule has 1 heterocycles. The van der Waals surface area contributed by atoms with E-state index in [1.165, 1.54) is 12.1 Å². The van der Waals surface area contributed by atoms with Crippen LogP contribution >= 0.6 is 0 Å². The Morgan fingerprint density at radius 3 is 2.19 bits per heavy atom. The van der Waals surface area contributed by atoms with E-state index in [2.05, 4.69) is 0 Å². The lowest BCUT2D eigenvalue weighted by Crippen LogP contribution is -2.61. The lowest BCUT2D eigenvalue weighted by atomic mass is 9.89. The van der Waals surface area contributed by atoms with Crippen molar-refractivity contribution in [3.63, 3.8) is 0 Å². The summed E-state index contributed by atoms with van der Waals surface area (Å²) in [5, 5.41) is 13.1. The first kappa shape index (κ1) is 18.8. The summed E-state index contributed by atoms with van der Waals surface area (Å²) >= 11 is 0. The van der Waals surface area contributed by atoms with Crippen molar-refractivity contribution in [2.75, 3.05) is 4.90 Å². The quantitative estimate of drug-likeness (QED) is 0.255. The Morgan fingerprint density at radius 2 is 1.48 bits per heavy atom. The number of hydrogen-bond acceptors (Lipinski definition) is 4. The minimum absolute atomic E-state index is 0.00709. The van der Waals surface area contributed by atoms with Crippen LogP contribution < -0.4 is 9.64 Å². The van der Waals surface area contributed by atoms with E-state index in [9.17, 15) is 14.9 Å². The zero-order valence-corrected chi connectivity index (χ0v) is 16.4. The van der Waals surface area contributed by atoms with Gasteiger partial charge in [0.1, 0.15) is 11.8 Å². The van der Waals surface area contributed by atoms with Gasteiger partial charge in [0.15, 0.2) is 0 Å². The number of rotatable bonds is 5. The Kier molecular flexibility index (Phi) is 4.59.